The zero-order chi connectivity index (χ0) is 21.9. The first-order chi connectivity index (χ1) is 14.0. The van der Waals surface area contributed by atoms with Crippen molar-refractivity contribution in [2.45, 2.75) is 65.2 Å². The Hall–Kier alpha value is -2.40. The summed E-state index contributed by atoms with van der Waals surface area (Å²) < 4.78 is 6.87. The van der Waals surface area contributed by atoms with Gasteiger partial charge in [-0.3, -0.25) is 4.79 Å². The van der Waals surface area contributed by atoms with Crippen LogP contribution in [0.2, 0.25) is 0 Å². The fraction of sp³-hybridized carbons (Fsp3) is 0.440. The van der Waals surface area contributed by atoms with Gasteiger partial charge in [0.2, 0.25) is 5.91 Å². The van der Waals surface area contributed by atoms with Gasteiger partial charge in [0, 0.05) is 6.42 Å². The van der Waals surface area contributed by atoms with Crippen LogP contribution in [0, 0.1) is 0 Å². The number of hydrogen-bond acceptors (Lipinski definition) is 4. The molecule has 0 spiro atoms. The van der Waals surface area contributed by atoms with E-state index < -0.39 is 0 Å². The monoisotopic (exact) mass is 424 g/mol. The second kappa shape index (κ2) is 8.76. The fourth-order valence-corrected chi connectivity index (χ4v) is 4.02. The third kappa shape index (κ3) is 5.82. The van der Waals surface area contributed by atoms with Crippen LogP contribution in [-0.4, -0.2) is 17.5 Å². The van der Waals surface area contributed by atoms with Crippen molar-refractivity contribution < 1.29 is 9.53 Å². The molecular formula is C25H32N2O2S. The van der Waals surface area contributed by atoms with E-state index in [9.17, 15) is 4.79 Å². The lowest BCUT2D eigenvalue weighted by Gasteiger charge is -2.19. The van der Waals surface area contributed by atoms with Gasteiger partial charge >= 0.3 is 0 Å². The molecule has 2 aromatic carbocycles. The van der Waals surface area contributed by atoms with Gasteiger partial charge in [-0.2, -0.15) is 0 Å². The van der Waals surface area contributed by atoms with Crippen LogP contribution in [0.4, 0.5) is 5.13 Å². The molecule has 0 radical (unpaired) electrons. The van der Waals surface area contributed by atoms with E-state index in [-0.39, 0.29) is 16.7 Å². The van der Waals surface area contributed by atoms with E-state index >= 15 is 0 Å². The molecule has 0 fully saturated rings. The summed E-state index contributed by atoms with van der Waals surface area (Å²) >= 11 is 1.52. The highest BCUT2D eigenvalue weighted by Gasteiger charge is 2.16. The summed E-state index contributed by atoms with van der Waals surface area (Å²) in [5.41, 5.74) is 3.69. The minimum absolute atomic E-state index is 0.0308. The number of anilines is 1. The molecule has 0 bridgehead atoms. The Balaban J connectivity index is 1.48. The molecule has 0 unspecified atom stereocenters. The van der Waals surface area contributed by atoms with E-state index in [0.717, 1.165) is 16.0 Å². The predicted octanol–water partition coefficient (Wildman–Crippen LogP) is 6.69. The van der Waals surface area contributed by atoms with Crippen molar-refractivity contribution in [1.29, 1.82) is 0 Å². The Morgan fingerprint density at radius 3 is 2.23 bits per heavy atom. The molecule has 4 nitrogen and oxygen atoms in total. The molecule has 1 heterocycles. The molecule has 0 aliphatic carbocycles. The first-order valence-corrected chi connectivity index (χ1v) is 11.3. The standard InChI is InChI=1S/C25H32N2O2S/c1-24(2,3)17-9-12-19(13-10-17)29-15-7-8-22(28)27-23-26-20-14-11-18(25(4,5)6)16-21(20)30-23/h9-14,16H,7-8,15H2,1-6H3,(H,26,27,28). The molecule has 30 heavy (non-hydrogen) atoms. The summed E-state index contributed by atoms with van der Waals surface area (Å²) in [5.74, 6) is 0.806. The number of carbonyl (C=O) groups is 1. The average molecular weight is 425 g/mol. The van der Waals surface area contributed by atoms with Crippen molar-refractivity contribution in [1.82, 2.24) is 4.98 Å². The normalized spacial score (nSPS) is 12.2. The number of amides is 1. The van der Waals surface area contributed by atoms with Crippen molar-refractivity contribution >= 4 is 32.6 Å². The molecule has 1 amide bonds. The number of nitrogens with zero attached hydrogens (tertiary/aromatic N) is 1. The molecule has 0 aliphatic rings. The Kier molecular flexibility index (Phi) is 6.51. The van der Waals surface area contributed by atoms with Crippen LogP contribution in [0.3, 0.4) is 0 Å². The first-order valence-electron chi connectivity index (χ1n) is 10.5. The lowest BCUT2D eigenvalue weighted by molar-refractivity contribution is -0.116. The van der Waals surface area contributed by atoms with E-state index in [1.165, 1.54) is 22.5 Å². The predicted molar refractivity (Wildman–Crippen MR) is 127 cm³/mol. The Bertz CT molecular complexity index is 1010. The highest BCUT2D eigenvalue weighted by Crippen LogP contribution is 2.31. The summed E-state index contributed by atoms with van der Waals surface area (Å²) in [6, 6.07) is 14.5. The molecule has 0 atom stereocenters. The number of fused-ring (bicyclic) bond motifs is 1. The zero-order valence-corrected chi connectivity index (χ0v) is 19.7. The number of benzene rings is 2. The third-order valence-electron chi connectivity index (χ3n) is 5.04. The zero-order valence-electron chi connectivity index (χ0n) is 18.8. The topological polar surface area (TPSA) is 51.2 Å². The summed E-state index contributed by atoms with van der Waals surface area (Å²) in [4.78, 5) is 16.8. The average Bonchev–Trinajstić information content (AvgIpc) is 3.05. The third-order valence-corrected chi connectivity index (χ3v) is 5.97. The number of aromatic nitrogens is 1. The Labute approximate surface area is 183 Å². The van der Waals surface area contributed by atoms with Gasteiger partial charge in [0.25, 0.3) is 0 Å². The van der Waals surface area contributed by atoms with E-state index in [1.807, 2.05) is 18.2 Å². The second-order valence-electron chi connectivity index (χ2n) is 9.73. The largest absolute Gasteiger partial charge is 0.494 e. The number of hydrogen-bond donors (Lipinski definition) is 1. The minimum atomic E-state index is -0.0308. The van der Waals surface area contributed by atoms with Crippen LogP contribution >= 0.6 is 11.3 Å². The maximum atomic E-state index is 12.3. The minimum Gasteiger partial charge on any atom is -0.494 e. The van der Waals surface area contributed by atoms with Gasteiger partial charge in [0.05, 0.1) is 16.8 Å². The Morgan fingerprint density at radius 1 is 0.967 bits per heavy atom. The molecule has 0 saturated carbocycles. The van der Waals surface area contributed by atoms with Crippen LogP contribution in [0.25, 0.3) is 10.2 Å². The summed E-state index contributed by atoms with van der Waals surface area (Å²) in [6.45, 7) is 13.7. The number of rotatable bonds is 6. The van der Waals surface area contributed by atoms with Gasteiger partial charge in [0.1, 0.15) is 5.75 Å². The van der Waals surface area contributed by atoms with Crippen LogP contribution in [0.1, 0.15) is 65.5 Å². The smallest absolute Gasteiger partial charge is 0.226 e. The molecule has 160 valence electrons. The summed E-state index contributed by atoms with van der Waals surface area (Å²) in [5, 5.41) is 3.58. The van der Waals surface area contributed by atoms with E-state index in [4.69, 9.17) is 4.74 Å². The van der Waals surface area contributed by atoms with Gasteiger partial charge in [0.15, 0.2) is 5.13 Å². The molecule has 5 heteroatoms. The lowest BCUT2D eigenvalue weighted by atomic mass is 9.87. The van der Waals surface area contributed by atoms with Crippen LogP contribution in [0.5, 0.6) is 5.75 Å². The molecule has 1 N–H and O–H groups in total. The SMILES string of the molecule is CC(C)(C)c1ccc(OCCCC(=O)Nc2nc3ccc(C(C)(C)C)cc3s2)cc1. The summed E-state index contributed by atoms with van der Waals surface area (Å²) in [7, 11) is 0. The maximum absolute atomic E-state index is 12.3. The van der Waals surface area contributed by atoms with Crippen molar-refractivity contribution in [2.75, 3.05) is 11.9 Å². The van der Waals surface area contributed by atoms with Crippen molar-refractivity contribution in [3.05, 3.63) is 53.6 Å². The van der Waals surface area contributed by atoms with Crippen LogP contribution in [-0.2, 0) is 15.6 Å². The highest BCUT2D eigenvalue weighted by molar-refractivity contribution is 7.22. The van der Waals surface area contributed by atoms with Gasteiger partial charge in [-0.1, -0.05) is 71.1 Å². The van der Waals surface area contributed by atoms with Gasteiger partial charge < -0.3 is 10.1 Å². The highest BCUT2D eigenvalue weighted by atomic mass is 32.1. The van der Waals surface area contributed by atoms with Gasteiger partial charge in [-0.25, -0.2) is 4.98 Å². The van der Waals surface area contributed by atoms with Crippen molar-refractivity contribution in [2.24, 2.45) is 0 Å². The number of thiazole rings is 1. The van der Waals surface area contributed by atoms with Crippen molar-refractivity contribution in [3.8, 4) is 5.75 Å². The number of nitrogens with one attached hydrogen (secondary N) is 1. The molecule has 3 aromatic rings. The van der Waals surface area contributed by atoms with E-state index in [1.54, 1.807) is 0 Å². The van der Waals surface area contributed by atoms with E-state index in [2.05, 4.69) is 76.1 Å². The van der Waals surface area contributed by atoms with Crippen LogP contribution < -0.4 is 10.1 Å². The quantitative estimate of drug-likeness (QED) is 0.449. The van der Waals surface area contributed by atoms with Gasteiger partial charge in [-0.15, -0.1) is 0 Å². The molecular weight excluding hydrogens is 392 g/mol. The van der Waals surface area contributed by atoms with Crippen molar-refractivity contribution in [3.63, 3.8) is 0 Å². The molecule has 1 aromatic heterocycles. The number of carbonyl (C=O) groups excluding carboxylic acids is 1. The lowest BCUT2D eigenvalue weighted by Crippen LogP contribution is -2.13. The molecule has 3 rings (SSSR count). The maximum Gasteiger partial charge on any atom is 0.226 e. The Morgan fingerprint density at radius 2 is 1.60 bits per heavy atom. The molecule has 0 saturated heterocycles. The first kappa shape index (κ1) is 22.3. The van der Waals surface area contributed by atoms with Gasteiger partial charge in [-0.05, 0) is 52.6 Å². The van der Waals surface area contributed by atoms with Crippen LogP contribution in [0.15, 0.2) is 42.5 Å². The van der Waals surface area contributed by atoms with E-state index in [0.29, 0.717) is 24.6 Å². The second-order valence-corrected chi connectivity index (χ2v) is 10.8. The summed E-state index contributed by atoms with van der Waals surface area (Å²) in [6.07, 6.45) is 1.06. The fourth-order valence-electron chi connectivity index (χ4n) is 3.10. The number of ether oxygens (including phenoxy) is 1. The molecule has 0 aliphatic heterocycles.